The van der Waals surface area contributed by atoms with Crippen LogP contribution in [0, 0.1) is 0 Å². The molecule has 0 N–H and O–H groups in total. The van der Waals surface area contributed by atoms with Crippen molar-refractivity contribution in [2.45, 2.75) is 23.1 Å². The summed E-state index contributed by atoms with van der Waals surface area (Å²) in [6.07, 6.45) is -0.0755. The van der Waals surface area contributed by atoms with Crippen molar-refractivity contribution >= 4 is 21.4 Å². The Morgan fingerprint density at radius 3 is 2.11 bits per heavy atom. The third kappa shape index (κ3) is 3.26. The molecule has 0 spiro atoms. The average molecular weight is 377 g/mol. The molecule has 1 heterocycles. The molecule has 1 atom stereocenters. The number of hydrogen-bond donors (Lipinski definition) is 0. The second-order valence-corrected chi connectivity index (χ2v) is 8.68. The van der Waals surface area contributed by atoms with Crippen LogP contribution in [-0.4, -0.2) is 14.3 Å². The number of carbonyl (C=O) groups excluding carboxylic acids is 1. The molecule has 0 radical (unpaired) electrons. The monoisotopic (exact) mass is 377 g/mol. The Morgan fingerprint density at radius 1 is 0.815 bits per heavy atom. The van der Waals surface area contributed by atoms with Crippen LogP contribution in [0.25, 0.3) is 0 Å². The quantitative estimate of drug-likeness (QED) is 0.689. The summed E-state index contributed by atoms with van der Waals surface area (Å²) < 4.78 is 26.8. The lowest BCUT2D eigenvalue weighted by Gasteiger charge is -2.22. The average Bonchev–Trinajstić information content (AvgIpc) is 2.78. The maximum absolute atomic E-state index is 13.4. The molecule has 0 fully saturated rings. The lowest BCUT2D eigenvalue weighted by molar-refractivity contribution is -0.118. The highest BCUT2D eigenvalue weighted by molar-refractivity contribution is 7.92. The summed E-state index contributed by atoms with van der Waals surface area (Å²) in [7, 11) is -3.69. The number of amides is 1. The van der Waals surface area contributed by atoms with E-state index < -0.39 is 15.1 Å². The van der Waals surface area contributed by atoms with Gasteiger partial charge in [0.2, 0.25) is 5.91 Å². The number of nitrogens with zero attached hydrogens (tertiary/aromatic N) is 1. The highest BCUT2D eigenvalue weighted by atomic mass is 32.2. The number of fused-ring (bicyclic) bond motifs is 1. The predicted octanol–water partition coefficient (Wildman–Crippen LogP) is 4.14. The predicted molar refractivity (Wildman–Crippen MR) is 105 cm³/mol. The van der Waals surface area contributed by atoms with Gasteiger partial charge in [0.25, 0.3) is 0 Å². The zero-order valence-corrected chi connectivity index (χ0v) is 15.5. The van der Waals surface area contributed by atoms with E-state index in [4.69, 9.17) is 0 Å². The minimum Gasteiger partial charge on any atom is -0.307 e. The molecule has 4 rings (SSSR count). The number of carbonyl (C=O) groups is 1. The van der Waals surface area contributed by atoms with Crippen molar-refractivity contribution in [1.29, 1.82) is 0 Å². The van der Waals surface area contributed by atoms with E-state index in [2.05, 4.69) is 0 Å². The second kappa shape index (κ2) is 7.00. The van der Waals surface area contributed by atoms with E-state index in [1.807, 2.05) is 36.4 Å². The Kier molecular flexibility index (Phi) is 4.54. The summed E-state index contributed by atoms with van der Waals surface area (Å²) >= 11 is 0. The topological polar surface area (TPSA) is 54.5 Å². The highest BCUT2D eigenvalue weighted by Crippen LogP contribution is 2.40. The molecule has 3 aromatic carbocycles. The molecule has 4 nitrogen and oxygen atoms in total. The van der Waals surface area contributed by atoms with Gasteiger partial charge in [0, 0.05) is 6.42 Å². The van der Waals surface area contributed by atoms with Crippen LogP contribution < -0.4 is 4.90 Å². The Hall–Kier alpha value is -2.92. The van der Waals surface area contributed by atoms with Crippen LogP contribution in [0.15, 0.2) is 89.8 Å². The first-order chi connectivity index (χ1) is 13.1. The number of benzene rings is 3. The summed E-state index contributed by atoms with van der Waals surface area (Å²) in [5.41, 5.74) is 2.04. The van der Waals surface area contributed by atoms with Gasteiger partial charge in [0.1, 0.15) is 0 Å². The minimum atomic E-state index is -3.69. The SMILES string of the molecule is O=C1CC(c2ccccc2)S(=O)(=O)c2ccccc2N1Cc1ccccc1. The van der Waals surface area contributed by atoms with Crippen LogP contribution in [-0.2, 0) is 21.2 Å². The summed E-state index contributed by atoms with van der Waals surface area (Å²) in [5.74, 6) is -0.193. The summed E-state index contributed by atoms with van der Waals surface area (Å²) in [5, 5.41) is -0.881. The van der Waals surface area contributed by atoms with E-state index >= 15 is 0 Å². The maximum atomic E-state index is 13.4. The van der Waals surface area contributed by atoms with Gasteiger partial charge in [-0.2, -0.15) is 0 Å². The minimum absolute atomic E-state index is 0.0755. The number of sulfone groups is 1. The summed E-state index contributed by atoms with van der Waals surface area (Å²) in [6, 6.07) is 25.4. The van der Waals surface area contributed by atoms with Crippen LogP contribution in [0.3, 0.4) is 0 Å². The van der Waals surface area contributed by atoms with E-state index in [1.165, 1.54) is 0 Å². The number of rotatable bonds is 3. The number of para-hydroxylation sites is 1. The molecule has 1 amide bonds. The van der Waals surface area contributed by atoms with Gasteiger partial charge in [-0.15, -0.1) is 0 Å². The molecular weight excluding hydrogens is 358 g/mol. The summed E-state index contributed by atoms with van der Waals surface area (Å²) in [6.45, 7) is 0.341. The molecule has 3 aromatic rings. The molecule has 5 heteroatoms. The Morgan fingerprint density at radius 2 is 1.41 bits per heavy atom. The van der Waals surface area contributed by atoms with Gasteiger partial charge in [0.15, 0.2) is 9.84 Å². The maximum Gasteiger partial charge on any atom is 0.229 e. The van der Waals surface area contributed by atoms with Crippen molar-refractivity contribution in [3.8, 4) is 0 Å². The molecule has 0 saturated heterocycles. The second-order valence-electron chi connectivity index (χ2n) is 6.58. The van der Waals surface area contributed by atoms with E-state index in [1.54, 1.807) is 53.4 Å². The van der Waals surface area contributed by atoms with Gasteiger partial charge in [-0.1, -0.05) is 72.8 Å². The van der Waals surface area contributed by atoms with Crippen LogP contribution in [0.1, 0.15) is 22.8 Å². The molecule has 0 saturated carbocycles. The van der Waals surface area contributed by atoms with E-state index in [0.717, 1.165) is 5.56 Å². The van der Waals surface area contributed by atoms with Gasteiger partial charge >= 0.3 is 0 Å². The Bertz CT molecular complexity index is 1060. The van der Waals surface area contributed by atoms with Gasteiger partial charge in [-0.25, -0.2) is 8.42 Å². The molecule has 0 bridgehead atoms. The Balaban J connectivity index is 1.85. The Labute approximate surface area is 159 Å². The van der Waals surface area contributed by atoms with Gasteiger partial charge < -0.3 is 4.90 Å². The first-order valence-corrected chi connectivity index (χ1v) is 10.3. The molecule has 27 heavy (non-hydrogen) atoms. The fourth-order valence-corrected chi connectivity index (χ4v) is 5.41. The smallest absolute Gasteiger partial charge is 0.229 e. The normalized spacial score (nSPS) is 18.6. The third-order valence-corrected chi connectivity index (χ3v) is 7.00. The number of anilines is 1. The summed E-state index contributed by atoms with van der Waals surface area (Å²) in [4.78, 5) is 14.9. The van der Waals surface area contributed by atoms with Crippen LogP contribution in [0.4, 0.5) is 5.69 Å². The van der Waals surface area contributed by atoms with Crippen LogP contribution >= 0.6 is 0 Å². The molecule has 136 valence electrons. The largest absolute Gasteiger partial charge is 0.307 e. The van der Waals surface area contributed by atoms with Crippen LogP contribution in [0.2, 0.25) is 0 Å². The lowest BCUT2D eigenvalue weighted by atomic mass is 10.1. The van der Waals surface area contributed by atoms with Crippen molar-refractivity contribution in [2.75, 3.05) is 4.90 Å². The van der Waals surface area contributed by atoms with Crippen molar-refractivity contribution in [1.82, 2.24) is 0 Å². The molecule has 1 aliphatic rings. The van der Waals surface area contributed by atoms with Crippen molar-refractivity contribution < 1.29 is 13.2 Å². The standard InChI is InChI=1S/C22H19NO3S/c24-22-15-21(18-11-5-2-6-12-18)27(25,26)20-14-8-7-13-19(20)23(22)16-17-9-3-1-4-10-17/h1-14,21H,15-16H2. The van der Waals surface area contributed by atoms with E-state index in [-0.39, 0.29) is 17.2 Å². The molecule has 0 aromatic heterocycles. The number of hydrogen-bond acceptors (Lipinski definition) is 3. The van der Waals surface area contributed by atoms with E-state index in [0.29, 0.717) is 17.8 Å². The van der Waals surface area contributed by atoms with Crippen molar-refractivity contribution in [2.24, 2.45) is 0 Å². The van der Waals surface area contributed by atoms with Gasteiger partial charge in [0.05, 0.1) is 22.4 Å². The third-order valence-electron chi connectivity index (χ3n) is 4.85. The molecule has 1 aliphatic heterocycles. The zero-order valence-electron chi connectivity index (χ0n) is 14.7. The fraction of sp³-hybridized carbons (Fsp3) is 0.136. The highest BCUT2D eigenvalue weighted by Gasteiger charge is 2.39. The molecular formula is C22H19NO3S. The van der Waals surface area contributed by atoms with Gasteiger partial charge in [-0.05, 0) is 23.3 Å². The van der Waals surface area contributed by atoms with E-state index in [9.17, 15) is 13.2 Å². The fourth-order valence-electron chi connectivity index (χ4n) is 3.49. The lowest BCUT2D eigenvalue weighted by Crippen LogP contribution is -2.30. The van der Waals surface area contributed by atoms with Crippen molar-refractivity contribution in [3.05, 3.63) is 96.1 Å². The molecule has 0 aliphatic carbocycles. The first kappa shape index (κ1) is 17.5. The van der Waals surface area contributed by atoms with Gasteiger partial charge in [-0.3, -0.25) is 4.79 Å². The zero-order chi connectivity index (χ0) is 18.9. The van der Waals surface area contributed by atoms with Crippen LogP contribution in [0.5, 0.6) is 0 Å². The van der Waals surface area contributed by atoms with Crippen molar-refractivity contribution in [3.63, 3.8) is 0 Å². The molecule has 1 unspecified atom stereocenters. The first-order valence-electron chi connectivity index (χ1n) is 8.79.